The Morgan fingerprint density at radius 1 is 1.44 bits per heavy atom. The van der Waals surface area contributed by atoms with Crippen molar-refractivity contribution >= 4 is 5.69 Å². The predicted octanol–water partition coefficient (Wildman–Crippen LogP) is 2.85. The van der Waals surface area contributed by atoms with Crippen LogP contribution in [0.15, 0.2) is 18.2 Å². The number of nitrogens with one attached hydrogen (secondary N) is 1. The van der Waals surface area contributed by atoms with E-state index in [2.05, 4.69) is 11.4 Å². The first-order valence-electron chi connectivity index (χ1n) is 6.66. The molecule has 18 heavy (non-hydrogen) atoms. The number of nitrogens with zero attached hydrogens (tertiary/aromatic N) is 1. The standard InChI is InChI=1S/C15H18N2O/c1-10-6-13(3-2-11(10)8-16)17-9-12-7-14-4-5-15(12)18-14/h2-3,6,12,14-15,17H,4-5,7,9H2,1H3. The Kier molecular flexibility index (Phi) is 2.97. The first kappa shape index (κ1) is 11.6. The molecule has 2 saturated heterocycles. The molecular weight excluding hydrogens is 224 g/mol. The smallest absolute Gasteiger partial charge is 0.0994 e. The van der Waals surface area contributed by atoms with Gasteiger partial charge in [-0.1, -0.05) is 0 Å². The highest BCUT2D eigenvalue weighted by Crippen LogP contribution is 2.38. The van der Waals surface area contributed by atoms with Crippen LogP contribution in [0.1, 0.15) is 30.4 Å². The fraction of sp³-hybridized carbons (Fsp3) is 0.533. The number of rotatable bonds is 3. The second-order valence-corrected chi connectivity index (χ2v) is 5.39. The fourth-order valence-electron chi connectivity index (χ4n) is 3.11. The van der Waals surface area contributed by atoms with E-state index in [1.807, 2.05) is 25.1 Å². The average molecular weight is 242 g/mol. The van der Waals surface area contributed by atoms with Gasteiger partial charge >= 0.3 is 0 Å². The molecule has 2 bridgehead atoms. The molecule has 0 aliphatic carbocycles. The molecule has 3 atom stereocenters. The van der Waals surface area contributed by atoms with Gasteiger partial charge in [0.05, 0.1) is 23.8 Å². The Hall–Kier alpha value is -1.53. The maximum absolute atomic E-state index is 8.90. The van der Waals surface area contributed by atoms with Gasteiger partial charge in [-0.2, -0.15) is 5.26 Å². The maximum Gasteiger partial charge on any atom is 0.0994 e. The molecule has 0 amide bonds. The lowest BCUT2D eigenvalue weighted by atomic mass is 9.89. The molecule has 1 aromatic carbocycles. The molecule has 1 N–H and O–H groups in total. The quantitative estimate of drug-likeness (QED) is 0.886. The van der Waals surface area contributed by atoms with Crippen molar-refractivity contribution in [1.82, 2.24) is 0 Å². The summed E-state index contributed by atoms with van der Waals surface area (Å²) in [4.78, 5) is 0. The van der Waals surface area contributed by atoms with E-state index >= 15 is 0 Å². The topological polar surface area (TPSA) is 45.0 Å². The van der Waals surface area contributed by atoms with Crippen molar-refractivity contribution in [2.45, 2.75) is 38.4 Å². The Balaban J connectivity index is 1.60. The first-order chi connectivity index (χ1) is 8.76. The number of ether oxygens (including phenoxy) is 1. The zero-order valence-corrected chi connectivity index (χ0v) is 10.6. The van der Waals surface area contributed by atoms with E-state index < -0.39 is 0 Å². The molecular formula is C15H18N2O. The zero-order chi connectivity index (χ0) is 12.5. The minimum atomic E-state index is 0.474. The van der Waals surface area contributed by atoms with Gasteiger partial charge in [0.1, 0.15) is 0 Å². The lowest BCUT2D eigenvalue weighted by molar-refractivity contribution is 0.0941. The maximum atomic E-state index is 8.90. The van der Waals surface area contributed by atoms with Gasteiger partial charge in [0.2, 0.25) is 0 Å². The molecule has 0 aromatic heterocycles. The third-order valence-corrected chi connectivity index (χ3v) is 4.15. The Morgan fingerprint density at radius 3 is 2.94 bits per heavy atom. The molecule has 2 aliphatic heterocycles. The highest BCUT2D eigenvalue weighted by Gasteiger charge is 2.40. The zero-order valence-electron chi connectivity index (χ0n) is 10.6. The SMILES string of the molecule is Cc1cc(NCC2CC3CCC2O3)ccc1C#N. The summed E-state index contributed by atoms with van der Waals surface area (Å²) in [6.07, 6.45) is 4.67. The molecule has 0 spiro atoms. The van der Waals surface area contributed by atoms with Crippen LogP contribution in [-0.4, -0.2) is 18.8 Å². The van der Waals surface area contributed by atoms with Crippen LogP contribution < -0.4 is 5.32 Å². The van der Waals surface area contributed by atoms with Crippen LogP contribution >= 0.6 is 0 Å². The van der Waals surface area contributed by atoms with Gasteiger partial charge in [-0.25, -0.2) is 0 Å². The molecule has 94 valence electrons. The molecule has 1 aromatic rings. The van der Waals surface area contributed by atoms with E-state index in [1.54, 1.807) is 0 Å². The summed E-state index contributed by atoms with van der Waals surface area (Å²) >= 11 is 0. The third kappa shape index (κ3) is 2.09. The summed E-state index contributed by atoms with van der Waals surface area (Å²) in [6.45, 7) is 2.96. The molecule has 3 heteroatoms. The van der Waals surface area contributed by atoms with Crippen molar-refractivity contribution in [3.05, 3.63) is 29.3 Å². The number of benzene rings is 1. The summed E-state index contributed by atoms with van der Waals surface area (Å²) < 4.78 is 5.85. The largest absolute Gasteiger partial charge is 0.385 e. The molecule has 3 unspecified atom stereocenters. The van der Waals surface area contributed by atoms with Crippen LogP contribution in [0.2, 0.25) is 0 Å². The number of hydrogen-bond acceptors (Lipinski definition) is 3. The van der Waals surface area contributed by atoms with Crippen LogP contribution in [0.25, 0.3) is 0 Å². The number of aryl methyl sites for hydroxylation is 1. The lowest BCUT2D eigenvalue weighted by Gasteiger charge is -2.19. The van der Waals surface area contributed by atoms with Gasteiger partial charge in [-0.05, 0) is 49.9 Å². The van der Waals surface area contributed by atoms with Gasteiger partial charge in [0.15, 0.2) is 0 Å². The van der Waals surface area contributed by atoms with E-state index in [4.69, 9.17) is 10.00 Å². The lowest BCUT2D eigenvalue weighted by Crippen LogP contribution is -2.24. The normalized spacial score (nSPS) is 29.2. The van der Waals surface area contributed by atoms with E-state index in [0.29, 0.717) is 18.1 Å². The fourth-order valence-corrected chi connectivity index (χ4v) is 3.11. The first-order valence-corrected chi connectivity index (χ1v) is 6.66. The van der Waals surface area contributed by atoms with Crippen molar-refractivity contribution < 1.29 is 4.74 Å². The number of nitriles is 1. The minimum Gasteiger partial charge on any atom is -0.385 e. The van der Waals surface area contributed by atoms with Crippen LogP contribution in [0, 0.1) is 24.2 Å². The van der Waals surface area contributed by atoms with Crippen LogP contribution in [0.5, 0.6) is 0 Å². The van der Waals surface area contributed by atoms with Crippen molar-refractivity contribution in [3.63, 3.8) is 0 Å². The summed E-state index contributed by atoms with van der Waals surface area (Å²) in [5.74, 6) is 0.652. The molecule has 2 aliphatic rings. The van der Waals surface area contributed by atoms with Crippen molar-refractivity contribution in [2.24, 2.45) is 5.92 Å². The third-order valence-electron chi connectivity index (χ3n) is 4.15. The second kappa shape index (κ2) is 4.62. The Labute approximate surface area is 108 Å². The minimum absolute atomic E-state index is 0.474. The number of anilines is 1. The summed E-state index contributed by atoms with van der Waals surface area (Å²) in [5, 5.41) is 12.4. The van der Waals surface area contributed by atoms with E-state index in [9.17, 15) is 0 Å². The summed E-state index contributed by atoms with van der Waals surface area (Å²) in [6, 6.07) is 8.11. The predicted molar refractivity (Wildman–Crippen MR) is 70.4 cm³/mol. The van der Waals surface area contributed by atoms with E-state index in [-0.39, 0.29) is 0 Å². The average Bonchev–Trinajstić information content (AvgIpc) is 2.98. The van der Waals surface area contributed by atoms with E-state index in [0.717, 1.165) is 23.4 Å². The molecule has 2 fully saturated rings. The molecule has 3 rings (SSSR count). The van der Waals surface area contributed by atoms with Crippen LogP contribution in [0.4, 0.5) is 5.69 Å². The molecule has 2 heterocycles. The number of hydrogen-bond donors (Lipinski definition) is 1. The molecule has 3 nitrogen and oxygen atoms in total. The van der Waals surface area contributed by atoms with Gasteiger partial charge in [-0.15, -0.1) is 0 Å². The highest BCUT2D eigenvalue weighted by atomic mass is 16.5. The Morgan fingerprint density at radius 2 is 2.33 bits per heavy atom. The monoisotopic (exact) mass is 242 g/mol. The highest BCUT2D eigenvalue weighted by molar-refractivity contribution is 5.51. The van der Waals surface area contributed by atoms with Crippen LogP contribution in [0.3, 0.4) is 0 Å². The molecule has 0 radical (unpaired) electrons. The summed E-state index contributed by atoms with van der Waals surface area (Å²) in [5.41, 5.74) is 2.89. The second-order valence-electron chi connectivity index (χ2n) is 5.39. The van der Waals surface area contributed by atoms with Crippen molar-refractivity contribution in [2.75, 3.05) is 11.9 Å². The molecule has 0 saturated carbocycles. The van der Waals surface area contributed by atoms with Gasteiger partial charge in [-0.3, -0.25) is 0 Å². The van der Waals surface area contributed by atoms with Crippen LogP contribution in [-0.2, 0) is 4.74 Å². The van der Waals surface area contributed by atoms with Gasteiger partial charge in [0.25, 0.3) is 0 Å². The Bertz CT molecular complexity index is 492. The summed E-state index contributed by atoms with van der Waals surface area (Å²) in [7, 11) is 0. The van der Waals surface area contributed by atoms with E-state index in [1.165, 1.54) is 19.3 Å². The number of fused-ring (bicyclic) bond motifs is 2. The van der Waals surface area contributed by atoms with Gasteiger partial charge < -0.3 is 10.1 Å². The van der Waals surface area contributed by atoms with Crippen molar-refractivity contribution in [1.29, 1.82) is 5.26 Å². The van der Waals surface area contributed by atoms with Gasteiger partial charge in [0, 0.05) is 18.2 Å². The van der Waals surface area contributed by atoms with Crippen molar-refractivity contribution in [3.8, 4) is 6.07 Å².